The highest BCUT2D eigenvalue weighted by Crippen LogP contribution is 2.23. The summed E-state index contributed by atoms with van der Waals surface area (Å²) in [5, 5.41) is 2.81. The number of halogens is 1. The molecule has 0 aromatic heterocycles. The maximum atomic E-state index is 11.9. The van der Waals surface area contributed by atoms with Gasteiger partial charge in [-0.3, -0.25) is 9.59 Å². The Morgan fingerprint density at radius 2 is 1.90 bits per heavy atom. The fourth-order valence-corrected chi connectivity index (χ4v) is 1.97. The van der Waals surface area contributed by atoms with E-state index in [1.165, 1.54) is 4.90 Å². The fraction of sp³-hybridized carbons (Fsp3) is 0.467. The fourth-order valence-electron chi connectivity index (χ4n) is 1.57. The molecule has 0 aliphatic carbocycles. The Morgan fingerprint density at radius 1 is 1.29 bits per heavy atom. The summed E-state index contributed by atoms with van der Waals surface area (Å²) in [7, 11) is 1.58. The van der Waals surface area contributed by atoms with E-state index in [0.717, 1.165) is 4.47 Å². The number of carbonyl (C=O) groups is 2. The van der Waals surface area contributed by atoms with Crippen molar-refractivity contribution in [1.29, 1.82) is 0 Å². The zero-order valence-corrected chi connectivity index (χ0v) is 14.4. The summed E-state index contributed by atoms with van der Waals surface area (Å²) in [6, 6.07) is 7.29. The van der Waals surface area contributed by atoms with E-state index in [0.29, 0.717) is 5.75 Å². The molecular formula is C15H21BrN2O3. The average Bonchev–Trinajstić information content (AvgIpc) is 2.34. The Labute approximate surface area is 133 Å². The Balaban J connectivity index is 2.45. The normalized spacial score (nSPS) is 10.9. The van der Waals surface area contributed by atoms with Crippen LogP contribution in [0.3, 0.4) is 0 Å². The van der Waals surface area contributed by atoms with Crippen LogP contribution < -0.4 is 10.1 Å². The van der Waals surface area contributed by atoms with Gasteiger partial charge >= 0.3 is 0 Å². The van der Waals surface area contributed by atoms with E-state index in [9.17, 15) is 9.59 Å². The first kappa shape index (κ1) is 17.5. The van der Waals surface area contributed by atoms with Gasteiger partial charge in [0.1, 0.15) is 5.75 Å². The van der Waals surface area contributed by atoms with Crippen molar-refractivity contribution in [3.05, 3.63) is 28.7 Å². The third-order valence-corrected chi connectivity index (χ3v) is 3.16. The van der Waals surface area contributed by atoms with Crippen LogP contribution in [0.4, 0.5) is 0 Å². The number of ether oxygens (including phenoxy) is 1. The van der Waals surface area contributed by atoms with Crippen LogP contribution in [-0.2, 0) is 9.59 Å². The summed E-state index contributed by atoms with van der Waals surface area (Å²) in [4.78, 5) is 25.0. The van der Waals surface area contributed by atoms with Crippen LogP contribution >= 0.6 is 15.9 Å². The van der Waals surface area contributed by atoms with Crippen molar-refractivity contribution in [3.63, 3.8) is 0 Å². The van der Waals surface area contributed by atoms with E-state index in [1.54, 1.807) is 13.1 Å². The number of carbonyl (C=O) groups excluding carboxylic acids is 2. The number of nitrogens with zero attached hydrogens (tertiary/aromatic N) is 1. The Kier molecular flexibility index (Phi) is 6.20. The Hall–Kier alpha value is -1.56. The molecular weight excluding hydrogens is 336 g/mol. The molecule has 6 heteroatoms. The lowest BCUT2D eigenvalue weighted by atomic mass is 10.1. The Morgan fingerprint density at radius 3 is 2.48 bits per heavy atom. The largest absolute Gasteiger partial charge is 0.483 e. The van der Waals surface area contributed by atoms with Gasteiger partial charge in [0.2, 0.25) is 5.91 Å². The third-order valence-electron chi connectivity index (χ3n) is 2.51. The van der Waals surface area contributed by atoms with Crippen molar-refractivity contribution in [1.82, 2.24) is 10.2 Å². The first-order valence-electron chi connectivity index (χ1n) is 6.61. The lowest BCUT2D eigenvalue weighted by Crippen LogP contribution is -2.47. The SMILES string of the molecule is CN(CC(=O)NC(C)(C)C)C(=O)COc1ccccc1Br. The van der Waals surface area contributed by atoms with Crippen LogP contribution in [0.1, 0.15) is 20.8 Å². The van der Waals surface area contributed by atoms with Gasteiger partial charge in [0.25, 0.3) is 5.91 Å². The summed E-state index contributed by atoms with van der Waals surface area (Å²) in [5.41, 5.74) is -0.313. The molecule has 0 bridgehead atoms. The lowest BCUT2D eigenvalue weighted by molar-refractivity contribution is -0.136. The zero-order chi connectivity index (χ0) is 16.0. The number of para-hydroxylation sites is 1. The molecule has 116 valence electrons. The monoisotopic (exact) mass is 356 g/mol. The van der Waals surface area contributed by atoms with E-state index < -0.39 is 0 Å². The highest BCUT2D eigenvalue weighted by Gasteiger charge is 2.18. The first-order chi connectivity index (χ1) is 9.69. The van der Waals surface area contributed by atoms with Crippen molar-refractivity contribution in [3.8, 4) is 5.75 Å². The quantitative estimate of drug-likeness (QED) is 0.879. The summed E-state index contributed by atoms with van der Waals surface area (Å²) in [6.45, 7) is 5.58. The minimum absolute atomic E-state index is 0.00935. The molecule has 0 saturated carbocycles. The van der Waals surface area contributed by atoms with Gasteiger partial charge in [-0.2, -0.15) is 0 Å². The van der Waals surface area contributed by atoms with Gasteiger partial charge in [-0.05, 0) is 48.8 Å². The molecule has 1 rings (SSSR count). The number of rotatable bonds is 5. The molecule has 5 nitrogen and oxygen atoms in total. The van der Waals surface area contributed by atoms with Gasteiger partial charge in [0.05, 0.1) is 11.0 Å². The van der Waals surface area contributed by atoms with Crippen LogP contribution in [0, 0.1) is 0 Å². The number of hydrogen-bond donors (Lipinski definition) is 1. The van der Waals surface area contributed by atoms with E-state index >= 15 is 0 Å². The predicted molar refractivity (Wildman–Crippen MR) is 85.2 cm³/mol. The topological polar surface area (TPSA) is 58.6 Å². The summed E-state index contributed by atoms with van der Waals surface area (Å²) < 4.78 is 6.22. The molecule has 0 aliphatic rings. The van der Waals surface area contributed by atoms with Gasteiger partial charge in [0, 0.05) is 12.6 Å². The van der Waals surface area contributed by atoms with Crippen molar-refractivity contribution in [2.24, 2.45) is 0 Å². The van der Waals surface area contributed by atoms with Gasteiger partial charge in [0.15, 0.2) is 6.61 Å². The first-order valence-corrected chi connectivity index (χ1v) is 7.40. The van der Waals surface area contributed by atoms with Crippen molar-refractivity contribution >= 4 is 27.7 Å². The second-order valence-corrected chi connectivity index (χ2v) is 6.62. The molecule has 1 aromatic carbocycles. The average molecular weight is 357 g/mol. The predicted octanol–water partition coefficient (Wildman–Crippen LogP) is 2.20. The molecule has 21 heavy (non-hydrogen) atoms. The van der Waals surface area contributed by atoms with Crippen LogP contribution in [0.2, 0.25) is 0 Å². The van der Waals surface area contributed by atoms with Crippen molar-refractivity contribution in [2.75, 3.05) is 20.2 Å². The molecule has 0 radical (unpaired) electrons. The Bertz CT molecular complexity index is 512. The van der Waals surface area contributed by atoms with Crippen LogP contribution in [0.25, 0.3) is 0 Å². The molecule has 0 fully saturated rings. The summed E-state index contributed by atoms with van der Waals surface area (Å²) in [5.74, 6) is 0.146. The highest BCUT2D eigenvalue weighted by atomic mass is 79.9. The number of nitrogens with one attached hydrogen (secondary N) is 1. The maximum Gasteiger partial charge on any atom is 0.260 e. The second kappa shape index (κ2) is 7.45. The molecule has 1 N–H and O–H groups in total. The lowest BCUT2D eigenvalue weighted by Gasteiger charge is -2.23. The smallest absolute Gasteiger partial charge is 0.260 e. The minimum atomic E-state index is -0.313. The number of likely N-dealkylation sites (N-methyl/N-ethyl adjacent to an activating group) is 1. The molecule has 0 unspecified atom stereocenters. The van der Waals surface area contributed by atoms with Crippen LogP contribution in [0.15, 0.2) is 28.7 Å². The molecule has 0 aliphatic heterocycles. The third kappa shape index (κ3) is 6.62. The number of benzene rings is 1. The van der Waals surface area contributed by atoms with E-state index in [-0.39, 0.29) is 30.5 Å². The summed E-state index contributed by atoms with van der Waals surface area (Å²) >= 11 is 3.34. The number of hydrogen-bond acceptors (Lipinski definition) is 3. The zero-order valence-electron chi connectivity index (χ0n) is 12.8. The van der Waals surface area contributed by atoms with Crippen LogP contribution in [-0.4, -0.2) is 42.5 Å². The van der Waals surface area contributed by atoms with Gasteiger partial charge in [-0.1, -0.05) is 12.1 Å². The molecule has 0 heterocycles. The molecule has 0 atom stereocenters. The van der Waals surface area contributed by atoms with Crippen molar-refractivity contribution < 1.29 is 14.3 Å². The van der Waals surface area contributed by atoms with E-state index in [4.69, 9.17) is 4.74 Å². The van der Waals surface area contributed by atoms with E-state index in [1.807, 2.05) is 39.0 Å². The molecule has 0 spiro atoms. The standard InChI is InChI=1S/C15H21BrN2O3/c1-15(2,3)17-13(19)9-18(4)14(20)10-21-12-8-6-5-7-11(12)16/h5-8H,9-10H2,1-4H3,(H,17,19). The number of amides is 2. The maximum absolute atomic E-state index is 11.9. The second-order valence-electron chi connectivity index (χ2n) is 5.77. The van der Waals surface area contributed by atoms with Crippen LogP contribution in [0.5, 0.6) is 5.75 Å². The van der Waals surface area contributed by atoms with Gasteiger partial charge in [-0.25, -0.2) is 0 Å². The van der Waals surface area contributed by atoms with Crippen molar-refractivity contribution in [2.45, 2.75) is 26.3 Å². The molecule has 2 amide bonds. The highest BCUT2D eigenvalue weighted by molar-refractivity contribution is 9.10. The molecule has 0 saturated heterocycles. The van der Waals surface area contributed by atoms with E-state index in [2.05, 4.69) is 21.2 Å². The van der Waals surface area contributed by atoms with Gasteiger partial charge < -0.3 is 15.0 Å². The summed E-state index contributed by atoms with van der Waals surface area (Å²) in [6.07, 6.45) is 0. The molecule has 1 aromatic rings. The van der Waals surface area contributed by atoms with Gasteiger partial charge in [-0.15, -0.1) is 0 Å². The minimum Gasteiger partial charge on any atom is -0.483 e.